The zero-order chi connectivity index (χ0) is 20.7. The van der Waals surface area contributed by atoms with E-state index in [1.165, 1.54) is 0 Å². The van der Waals surface area contributed by atoms with Crippen LogP contribution in [0.3, 0.4) is 0 Å². The largest absolute Gasteiger partial charge is 0.492 e. The van der Waals surface area contributed by atoms with Crippen LogP contribution in [0.25, 0.3) is 0 Å². The molecule has 0 heterocycles. The Morgan fingerprint density at radius 3 is 2.07 bits per heavy atom. The quantitative estimate of drug-likeness (QED) is 0.544. The lowest BCUT2D eigenvalue weighted by Gasteiger charge is -2.12. The summed E-state index contributed by atoms with van der Waals surface area (Å²) < 4.78 is 6.45. The van der Waals surface area contributed by atoms with E-state index in [4.69, 9.17) is 4.74 Å². The highest BCUT2D eigenvalue weighted by Gasteiger charge is 2.11. The van der Waals surface area contributed by atoms with Crippen LogP contribution in [-0.4, -0.2) is 18.4 Å². The molecular weight excluding hydrogens is 420 g/mol. The van der Waals surface area contributed by atoms with Crippen LogP contribution in [0, 0.1) is 11.8 Å². The Morgan fingerprint density at radius 2 is 1.54 bits per heavy atom. The van der Waals surface area contributed by atoms with E-state index in [-0.39, 0.29) is 11.8 Å². The average molecular weight is 447 g/mol. The van der Waals surface area contributed by atoms with Crippen LogP contribution >= 0.6 is 15.9 Å². The number of amides is 2. The maximum Gasteiger partial charge on any atom is 0.255 e. The number of benzene rings is 2. The third-order valence-corrected chi connectivity index (χ3v) is 4.41. The number of carbonyl (C=O) groups is 2. The van der Waals surface area contributed by atoms with Gasteiger partial charge in [-0.05, 0) is 70.2 Å². The minimum atomic E-state index is -0.215. The van der Waals surface area contributed by atoms with Crippen LogP contribution in [-0.2, 0) is 4.79 Å². The van der Waals surface area contributed by atoms with Crippen molar-refractivity contribution in [1.82, 2.24) is 0 Å². The van der Waals surface area contributed by atoms with Crippen molar-refractivity contribution in [3.63, 3.8) is 0 Å². The Balaban J connectivity index is 1.97. The van der Waals surface area contributed by atoms with Crippen molar-refractivity contribution in [2.45, 2.75) is 34.1 Å². The summed E-state index contributed by atoms with van der Waals surface area (Å²) in [6.45, 7) is 8.77. The first-order valence-corrected chi connectivity index (χ1v) is 10.2. The van der Waals surface area contributed by atoms with Crippen LogP contribution in [0.4, 0.5) is 11.4 Å². The molecular formula is C22H27BrN2O3. The first-order valence-electron chi connectivity index (χ1n) is 9.38. The molecule has 0 aliphatic heterocycles. The molecule has 2 aromatic carbocycles. The predicted octanol–water partition coefficient (Wildman–Crippen LogP) is 5.72. The summed E-state index contributed by atoms with van der Waals surface area (Å²) in [5.74, 6) is 1.21. The second-order valence-corrected chi connectivity index (χ2v) is 8.38. The van der Waals surface area contributed by atoms with Crippen molar-refractivity contribution in [3.8, 4) is 5.75 Å². The molecule has 0 unspecified atom stereocenters. The molecule has 2 rings (SSSR count). The van der Waals surface area contributed by atoms with Crippen LogP contribution in [0.1, 0.15) is 44.5 Å². The number of nitrogens with one attached hydrogen (secondary N) is 2. The number of hydrogen-bond donors (Lipinski definition) is 2. The predicted molar refractivity (Wildman–Crippen MR) is 117 cm³/mol. The SMILES string of the molecule is CC(C)COc1ccc(C(=O)Nc2ccc(NC(=O)CC(C)C)cc2)cc1Br. The molecule has 28 heavy (non-hydrogen) atoms. The Bertz CT molecular complexity index is 817. The average Bonchev–Trinajstić information content (AvgIpc) is 2.61. The minimum Gasteiger partial charge on any atom is -0.492 e. The normalized spacial score (nSPS) is 10.8. The number of hydrogen-bond acceptors (Lipinski definition) is 3. The molecule has 0 saturated carbocycles. The number of anilines is 2. The lowest BCUT2D eigenvalue weighted by molar-refractivity contribution is -0.116. The zero-order valence-electron chi connectivity index (χ0n) is 16.7. The molecule has 2 N–H and O–H groups in total. The van der Waals surface area contributed by atoms with Crippen LogP contribution < -0.4 is 15.4 Å². The van der Waals surface area contributed by atoms with Crippen LogP contribution in [0.15, 0.2) is 46.9 Å². The van der Waals surface area contributed by atoms with Gasteiger partial charge in [0.15, 0.2) is 0 Å². The summed E-state index contributed by atoms with van der Waals surface area (Å²) in [4.78, 5) is 24.3. The highest BCUT2D eigenvalue weighted by atomic mass is 79.9. The van der Waals surface area contributed by atoms with E-state index in [0.717, 1.165) is 4.47 Å². The van der Waals surface area contributed by atoms with Crippen molar-refractivity contribution in [2.75, 3.05) is 17.2 Å². The molecule has 2 amide bonds. The summed E-state index contributed by atoms with van der Waals surface area (Å²) >= 11 is 3.46. The van der Waals surface area contributed by atoms with Gasteiger partial charge in [0, 0.05) is 23.4 Å². The van der Waals surface area contributed by atoms with E-state index in [0.29, 0.717) is 47.6 Å². The van der Waals surface area contributed by atoms with Crippen molar-refractivity contribution < 1.29 is 14.3 Å². The molecule has 0 fully saturated rings. The molecule has 0 spiro atoms. The number of rotatable bonds is 8. The highest BCUT2D eigenvalue weighted by molar-refractivity contribution is 9.10. The van der Waals surface area contributed by atoms with Gasteiger partial charge in [-0.15, -0.1) is 0 Å². The van der Waals surface area contributed by atoms with E-state index in [1.54, 1.807) is 42.5 Å². The van der Waals surface area contributed by atoms with Crippen molar-refractivity contribution in [3.05, 3.63) is 52.5 Å². The van der Waals surface area contributed by atoms with E-state index in [2.05, 4.69) is 40.4 Å². The third-order valence-electron chi connectivity index (χ3n) is 3.79. The molecule has 0 aliphatic rings. The van der Waals surface area contributed by atoms with Gasteiger partial charge in [-0.1, -0.05) is 27.7 Å². The Hall–Kier alpha value is -2.34. The van der Waals surface area contributed by atoms with Gasteiger partial charge in [0.1, 0.15) is 5.75 Å². The topological polar surface area (TPSA) is 67.4 Å². The summed E-state index contributed by atoms with van der Waals surface area (Å²) in [6, 6.07) is 12.3. The lowest BCUT2D eigenvalue weighted by Crippen LogP contribution is -2.14. The maximum atomic E-state index is 12.5. The monoisotopic (exact) mass is 446 g/mol. The van der Waals surface area contributed by atoms with Gasteiger partial charge in [-0.2, -0.15) is 0 Å². The summed E-state index contributed by atoms with van der Waals surface area (Å²) in [5, 5.41) is 5.70. The number of carbonyl (C=O) groups excluding carboxylic acids is 2. The minimum absolute atomic E-state index is 0.0172. The Labute approximate surface area is 175 Å². The van der Waals surface area contributed by atoms with Gasteiger partial charge in [-0.3, -0.25) is 9.59 Å². The van der Waals surface area contributed by atoms with E-state index in [1.807, 2.05) is 13.8 Å². The van der Waals surface area contributed by atoms with Crippen molar-refractivity contribution in [1.29, 1.82) is 0 Å². The smallest absolute Gasteiger partial charge is 0.255 e. The molecule has 0 aromatic heterocycles. The van der Waals surface area contributed by atoms with E-state index >= 15 is 0 Å². The van der Waals surface area contributed by atoms with Gasteiger partial charge in [0.05, 0.1) is 11.1 Å². The van der Waals surface area contributed by atoms with Gasteiger partial charge in [0.25, 0.3) is 5.91 Å². The van der Waals surface area contributed by atoms with E-state index in [9.17, 15) is 9.59 Å². The van der Waals surface area contributed by atoms with Gasteiger partial charge >= 0.3 is 0 Å². The van der Waals surface area contributed by atoms with Crippen molar-refractivity contribution >= 4 is 39.1 Å². The second-order valence-electron chi connectivity index (χ2n) is 7.53. The molecule has 6 heteroatoms. The second kappa shape index (κ2) is 10.3. The summed E-state index contributed by atoms with van der Waals surface area (Å²) in [5.41, 5.74) is 1.89. The highest BCUT2D eigenvalue weighted by Crippen LogP contribution is 2.27. The van der Waals surface area contributed by atoms with Crippen LogP contribution in [0.2, 0.25) is 0 Å². The lowest BCUT2D eigenvalue weighted by atomic mass is 10.1. The summed E-state index contributed by atoms with van der Waals surface area (Å²) in [7, 11) is 0. The van der Waals surface area contributed by atoms with Crippen LogP contribution in [0.5, 0.6) is 5.75 Å². The maximum absolute atomic E-state index is 12.5. The Kier molecular flexibility index (Phi) is 8.05. The number of ether oxygens (including phenoxy) is 1. The first kappa shape index (κ1) is 22.0. The summed E-state index contributed by atoms with van der Waals surface area (Å²) in [6.07, 6.45) is 0.476. The van der Waals surface area contributed by atoms with Gasteiger partial charge in [-0.25, -0.2) is 0 Å². The molecule has 2 aromatic rings. The first-order chi connectivity index (χ1) is 13.2. The molecule has 0 bridgehead atoms. The fraction of sp³-hybridized carbons (Fsp3) is 0.364. The molecule has 0 atom stereocenters. The van der Waals surface area contributed by atoms with Gasteiger partial charge < -0.3 is 15.4 Å². The fourth-order valence-electron chi connectivity index (χ4n) is 2.44. The zero-order valence-corrected chi connectivity index (χ0v) is 18.3. The molecule has 0 saturated heterocycles. The fourth-order valence-corrected chi connectivity index (χ4v) is 2.93. The molecule has 0 aliphatic carbocycles. The molecule has 0 radical (unpaired) electrons. The standard InChI is InChI=1S/C22H27BrN2O3/c1-14(2)11-21(26)24-17-6-8-18(9-7-17)25-22(27)16-5-10-20(19(23)12-16)28-13-15(3)4/h5-10,12,14-15H,11,13H2,1-4H3,(H,24,26)(H,25,27). The molecule has 150 valence electrons. The van der Waals surface area contributed by atoms with Gasteiger partial charge in [0.2, 0.25) is 5.91 Å². The van der Waals surface area contributed by atoms with E-state index < -0.39 is 0 Å². The Morgan fingerprint density at radius 1 is 0.929 bits per heavy atom. The van der Waals surface area contributed by atoms with Crippen molar-refractivity contribution in [2.24, 2.45) is 11.8 Å². The number of halogens is 1. The third kappa shape index (κ3) is 7.00. The molecule has 5 nitrogen and oxygen atoms in total.